The van der Waals surface area contributed by atoms with E-state index in [0.717, 1.165) is 11.3 Å². The molecule has 0 fully saturated rings. The van der Waals surface area contributed by atoms with Gasteiger partial charge in [0.1, 0.15) is 22.8 Å². The number of aliphatic hydroxyl groups is 1. The number of hydrogen-bond acceptors (Lipinski definition) is 7. The molecule has 92 valence electrons. The van der Waals surface area contributed by atoms with Gasteiger partial charge in [-0.2, -0.15) is 0 Å². The van der Waals surface area contributed by atoms with Crippen molar-refractivity contribution in [3.63, 3.8) is 0 Å². The van der Waals surface area contributed by atoms with Gasteiger partial charge >= 0.3 is 0 Å². The van der Waals surface area contributed by atoms with Gasteiger partial charge in [0, 0.05) is 6.07 Å². The highest BCUT2D eigenvalue weighted by molar-refractivity contribution is 9.10. The number of rotatable bonds is 4. The molecule has 0 aromatic carbocycles. The Kier molecular flexibility index (Phi) is 3.47. The maximum atomic E-state index is 11.9. The largest absolute Gasteiger partial charge is 0.450 e. The van der Waals surface area contributed by atoms with Crippen molar-refractivity contribution < 1.29 is 17.9 Å². The molecule has 0 aliphatic carbocycles. The van der Waals surface area contributed by atoms with Crippen LogP contribution in [0.3, 0.4) is 0 Å². The van der Waals surface area contributed by atoms with Gasteiger partial charge in [-0.1, -0.05) is 11.3 Å². The van der Waals surface area contributed by atoms with E-state index in [1.54, 1.807) is 0 Å². The molecule has 2 N–H and O–H groups in total. The molecule has 0 aliphatic rings. The van der Waals surface area contributed by atoms with Gasteiger partial charge in [0.25, 0.3) is 10.0 Å². The van der Waals surface area contributed by atoms with Gasteiger partial charge in [0.05, 0.1) is 0 Å². The first-order chi connectivity index (χ1) is 8.03. The lowest BCUT2D eigenvalue weighted by molar-refractivity contribution is 0.245. The number of furan rings is 1. The second-order valence-corrected chi connectivity index (χ2v) is 6.06. The summed E-state index contributed by atoms with van der Waals surface area (Å²) in [6.45, 7) is -0.382. The molecule has 0 radical (unpaired) electrons. The van der Waals surface area contributed by atoms with Crippen molar-refractivity contribution in [2.24, 2.45) is 0 Å². The minimum Gasteiger partial charge on any atom is -0.450 e. The zero-order valence-electron chi connectivity index (χ0n) is 8.12. The van der Waals surface area contributed by atoms with Crippen LogP contribution in [0.4, 0.5) is 5.13 Å². The lowest BCUT2D eigenvalue weighted by atomic mass is 10.5. The Labute approximate surface area is 109 Å². The van der Waals surface area contributed by atoms with Crippen LogP contribution in [0.15, 0.2) is 25.6 Å². The Hall–Kier alpha value is -0.970. The number of hydrogen-bond donors (Lipinski definition) is 2. The molecule has 7 nitrogen and oxygen atoms in total. The summed E-state index contributed by atoms with van der Waals surface area (Å²) in [6.07, 6.45) is 0. The molecule has 0 saturated carbocycles. The Balaban J connectivity index is 2.34. The number of sulfonamides is 1. The smallest absolute Gasteiger partial charge is 0.268 e. The summed E-state index contributed by atoms with van der Waals surface area (Å²) in [7, 11) is -3.80. The van der Waals surface area contributed by atoms with Crippen LogP contribution in [0, 0.1) is 0 Å². The van der Waals surface area contributed by atoms with E-state index in [1.165, 1.54) is 11.6 Å². The van der Waals surface area contributed by atoms with Crippen molar-refractivity contribution >= 4 is 42.4 Å². The molecule has 0 spiro atoms. The molecule has 0 saturated heterocycles. The van der Waals surface area contributed by atoms with Gasteiger partial charge in [0.2, 0.25) is 5.13 Å². The van der Waals surface area contributed by atoms with E-state index in [1.807, 2.05) is 0 Å². The fraction of sp³-hybridized carbons (Fsp3) is 0.143. The molecule has 17 heavy (non-hydrogen) atoms. The monoisotopic (exact) mass is 339 g/mol. The quantitative estimate of drug-likeness (QED) is 0.866. The summed E-state index contributed by atoms with van der Waals surface area (Å²) in [5.41, 5.74) is 1.40. The number of nitrogens with one attached hydrogen (secondary N) is 1. The highest BCUT2D eigenvalue weighted by Crippen LogP contribution is 2.28. The minimum absolute atomic E-state index is 0.0264. The summed E-state index contributed by atoms with van der Waals surface area (Å²) in [5.74, 6) is 0.148. The first kappa shape index (κ1) is 12.5. The predicted octanol–water partition coefficient (Wildman–Crippen LogP) is 1.19. The molecular weight excluding hydrogens is 334 g/mol. The highest BCUT2D eigenvalue weighted by atomic mass is 79.9. The Bertz CT molecular complexity index is 607. The van der Waals surface area contributed by atoms with E-state index in [9.17, 15) is 8.42 Å². The van der Waals surface area contributed by atoms with Crippen LogP contribution in [0.5, 0.6) is 0 Å². The van der Waals surface area contributed by atoms with Gasteiger partial charge in [-0.15, -0.1) is 10.2 Å². The van der Waals surface area contributed by atoms with E-state index in [2.05, 4.69) is 30.8 Å². The van der Waals surface area contributed by atoms with Gasteiger partial charge in [-0.3, -0.25) is 4.72 Å². The third kappa shape index (κ3) is 2.65. The lowest BCUT2D eigenvalue weighted by Gasteiger charge is -2.01. The predicted molar refractivity (Wildman–Crippen MR) is 63.0 cm³/mol. The van der Waals surface area contributed by atoms with Crippen molar-refractivity contribution in [3.05, 3.63) is 22.0 Å². The van der Waals surface area contributed by atoms with Crippen LogP contribution >= 0.6 is 27.3 Å². The molecule has 2 aromatic heterocycles. The highest BCUT2D eigenvalue weighted by Gasteiger charge is 2.23. The second kappa shape index (κ2) is 4.72. The molecule has 2 rings (SSSR count). The van der Waals surface area contributed by atoms with Crippen molar-refractivity contribution in [2.75, 3.05) is 4.72 Å². The Morgan fingerprint density at radius 2 is 2.35 bits per heavy atom. The summed E-state index contributed by atoms with van der Waals surface area (Å²) in [6, 6.07) is 1.23. The third-order valence-electron chi connectivity index (χ3n) is 1.73. The molecule has 0 aliphatic heterocycles. The number of anilines is 1. The standard InChI is InChI=1S/C7H6BrN3O4S2/c8-6-5(1-4(2-12)15-6)17(13,14)11-7-10-9-3-16-7/h1,3,12H,2H2,(H,10,11). The zero-order valence-corrected chi connectivity index (χ0v) is 11.3. The van der Waals surface area contributed by atoms with Crippen molar-refractivity contribution in [2.45, 2.75) is 11.5 Å². The molecule has 0 amide bonds. The first-order valence-electron chi connectivity index (χ1n) is 4.21. The first-order valence-corrected chi connectivity index (χ1v) is 7.36. The van der Waals surface area contributed by atoms with Crippen molar-refractivity contribution in [1.29, 1.82) is 0 Å². The molecule has 0 atom stereocenters. The van der Waals surface area contributed by atoms with Crippen molar-refractivity contribution in [1.82, 2.24) is 10.2 Å². The fourth-order valence-corrected chi connectivity index (χ4v) is 3.74. The van der Waals surface area contributed by atoms with E-state index in [0.29, 0.717) is 0 Å². The van der Waals surface area contributed by atoms with E-state index < -0.39 is 10.0 Å². The zero-order chi connectivity index (χ0) is 12.5. The third-order valence-corrected chi connectivity index (χ3v) is 4.67. The molecule has 0 bridgehead atoms. The second-order valence-electron chi connectivity index (χ2n) is 2.86. The van der Waals surface area contributed by atoms with Crippen LogP contribution in [0.25, 0.3) is 0 Å². The van der Waals surface area contributed by atoms with Crippen molar-refractivity contribution in [3.8, 4) is 0 Å². The van der Waals surface area contributed by atoms with Gasteiger partial charge in [0.15, 0.2) is 4.67 Å². The molecule has 2 heterocycles. The number of nitrogens with zero attached hydrogens (tertiary/aromatic N) is 2. The summed E-state index contributed by atoms with van der Waals surface area (Å²) in [4.78, 5) is -0.100. The number of aromatic nitrogens is 2. The van der Waals surface area contributed by atoms with Gasteiger partial charge in [-0.05, 0) is 15.9 Å². The number of aliphatic hydroxyl groups excluding tert-OH is 1. The molecule has 2 aromatic rings. The average molecular weight is 340 g/mol. The topological polar surface area (TPSA) is 105 Å². The summed E-state index contributed by atoms with van der Waals surface area (Å²) < 4.78 is 31.1. The summed E-state index contributed by atoms with van der Waals surface area (Å²) in [5, 5.41) is 16.1. The normalized spacial score (nSPS) is 11.6. The average Bonchev–Trinajstić information content (AvgIpc) is 2.86. The van der Waals surface area contributed by atoms with Crippen LogP contribution in [-0.4, -0.2) is 23.7 Å². The maximum Gasteiger partial charge on any atom is 0.268 e. The van der Waals surface area contributed by atoms with E-state index >= 15 is 0 Å². The van der Waals surface area contributed by atoms with Crippen LogP contribution < -0.4 is 4.72 Å². The Morgan fingerprint density at radius 3 is 2.88 bits per heavy atom. The van der Waals surface area contributed by atoms with Crippen LogP contribution in [-0.2, 0) is 16.6 Å². The fourth-order valence-electron chi connectivity index (χ4n) is 1.05. The van der Waals surface area contributed by atoms with E-state index in [-0.39, 0.29) is 27.1 Å². The minimum atomic E-state index is -3.80. The number of halogens is 1. The van der Waals surface area contributed by atoms with Crippen LogP contribution in [0.2, 0.25) is 0 Å². The molecule has 0 unspecified atom stereocenters. The SMILES string of the molecule is O=S(=O)(Nc1nncs1)c1cc(CO)oc1Br. The van der Waals surface area contributed by atoms with Gasteiger partial charge in [-0.25, -0.2) is 8.42 Å². The maximum absolute atomic E-state index is 11.9. The van der Waals surface area contributed by atoms with Gasteiger partial charge < -0.3 is 9.52 Å². The molecular formula is C7H6BrN3O4S2. The lowest BCUT2D eigenvalue weighted by Crippen LogP contribution is -2.12. The van der Waals surface area contributed by atoms with Crippen LogP contribution in [0.1, 0.15) is 5.76 Å². The molecule has 10 heteroatoms. The Morgan fingerprint density at radius 1 is 1.59 bits per heavy atom. The summed E-state index contributed by atoms with van der Waals surface area (Å²) >= 11 is 4.02. The van der Waals surface area contributed by atoms with E-state index in [4.69, 9.17) is 9.52 Å².